The zero-order chi connectivity index (χ0) is 23.2. The fourth-order valence-electron chi connectivity index (χ4n) is 5.35. The lowest BCUT2D eigenvalue weighted by Crippen LogP contribution is -2.79. The molecule has 170 valence electrons. The molecule has 1 fully saturated rings. The molecule has 6 nitrogen and oxygen atoms in total. The molecule has 2 heterocycles. The summed E-state index contributed by atoms with van der Waals surface area (Å²) in [5, 5.41) is 23.1. The summed E-state index contributed by atoms with van der Waals surface area (Å²) in [5.41, 5.74) is 6.32. The van der Waals surface area contributed by atoms with Crippen molar-refractivity contribution in [3.63, 3.8) is 0 Å². The van der Waals surface area contributed by atoms with Gasteiger partial charge in [0, 0.05) is 12.0 Å². The van der Waals surface area contributed by atoms with E-state index < -0.39 is 0 Å². The number of allylic oxidation sites excluding steroid dienone is 1. The van der Waals surface area contributed by atoms with Crippen LogP contribution in [0.5, 0.6) is 11.5 Å². The van der Waals surface area contributed by atoms with Crippen LogP contribution in [-0.2, 0) is 24.1 Å². The lowest BCUT2D eigenvalue weighted by molar-refractivity contribution is -0.409. The van der Waals surface area contributed by atoms with Crippen molar-refractivity contribution in [1.29, 1.82) is 0 Å². The molecule has 6 rings (SSSR count). The van der Waals surface area contributed by atoms with E-state index in [0.29, 0.717) is 12.8 Å². The molecular formula is C28H26N3O3+. The highest BCUT2D eigenvalue weighted by molar-refractivity contribution is 6.06. The Morgan fingerprint density at radius 3 is 2.50 bits per heavy atom. The standard InChI is InChI=1S/C28H25N3O3/c32-20-9-6-18(7-10-20)15-24-28(34)31-25-13-8-19-16-21(33)11-12-22(19)26(25)29-23(27(31)30-24)14-17-4-2-1-3-5-17/h1-7,9-12,16,24-25,30,32-33H,8,13-15H2/p+1. The molecule has 2 atom stereocenters. The van der Waals surface area contributed by atoms with Gasteiger partial charge in [0.15, 0.2) is 5.82 Å². The first-order valence-corrected chi connectivity index (χ1v) is 11.7. The Morgan fingerprint density at radius 2 is 1.71 bits per heavy atom. The second kappa shape index (κ2) is 8.06. The Morgan fingerprint density at radius 1 is 0.941 bits per heavy atom. The number of hydrogen-bond donors (Lipinski definition) is 4. The normalized spacial score (nSPS) is 20.9. The van der Waals surface area contributed by atoms with Crippen LogP contribution in [0.15, 0.2) is 84.3 Å². The van der Waals surface area contributed by atoms with Gasteiger partial charge in [-0.25, -0.2) is 4.99 Å². The molecule has 3 aromatic rings. The van der Waals surface area contributed by atoms with Gasteiger partial charge in [0.1, 0.15) is 23.6 Å². The quantitative estimate of drug-likeness (QED) is 0.486. The molecule has 0 radical (unpaired) electrons. The highest BCUT2D eigenvalue weighted by Crippen LogP contribution is 2.33. The first kappa shape index (κ1) is 20.5. The zero-order valence-electron chi connectivity index (χ0n) is 18.7. The van der Waals surface area contributed by atoms with E-state index in [1.807, 2.05) is 47.4 Å². The molecule has 3 aromatic carbocycles. The third-order valence-electron chi connectivity index (χ3n) is 6.97. The molecular weight excluding hydrogens is 426 g/mol. The van der Waals surface area contributed by atoms with Crippen molar-refractivity contribution in [3.8, 4) is 11.5 Å². The Kier molecular flexibility index (Phi) is 4.87. The van der Waals surface area contributed by atoms with Gasteiger partial charge < -0.3 is 15.5 Å². The average molecular weight is 453 g/mol. The van der Waals surface area contributed by atoms with E-state index in [4.69, 9.17) is 0 Å². The lowest BCUT2D eigenvalue weighted by Gasteiger charge is -2.33. The topological polar surface area (TPSA) is 86.8 Å². The number of nitrogens with one attached hydrogen (secondary N) is 2. The minimum Gasteiger partial charge on any atom is -0.508 e. The number of rotatable bonds is 4. The van der Waals surface area contributed by atoms with Crippen LogP contribution in [0.4, 0.5) is 0 Å². The molecule has 0 aromatic heterocycles. The van der Waals surface area contributed by atoms with Gasteiger partial charge >= 0.3 is 0 Å². The molecule has 2 aliphatic heterocycles. The van der Waals surface area contributed by atoms with Crippen molar-refractivity contribution in [2.45, 2.75) is 37.8 Å². The molecule has 0 bridgehead atoms. The lowest BCUT2D eigenvalue weighted by atomic mass is 9.84. The number of benzene rings is 3. The van der Waals surface area contributed by atoms with Gasteiger partial charge in [-0.2, -0.15) is 0 Å². The molecule has 2 unspecified atom stereocenters. The smallest absolute Gasteiger partial charge is 0.251 e. The predicted octanol–water partition coefficient (Wildman–Crippen LogP) is 1.75. The summed E-state index contributed by atoms with van der Waals surface area (Å²) in [7, 11) is 0. The van der Waals surface area contributed by atoms with Crippen LogP contribution >= 0.6 is 0 Å². The maximum Gasteiger partial charge on any atom is 0.251 e. The van der Waals surface area contributed by atoms with Crippen molar-refractivity contribution < 1.29 is 20.0 Å². The van der Waals surface area contributed by atoms with Crippen LogP contribution in [0.25, 0.3) is 0 Å². The molecule has 1 aliphatic carbocycles. The predicted molar refractivity (Wildman–Crippen MR) is 128 cm³/mol. The number of phenols is 2. The molecule has 3 aliphatic rings. The van der Waals surface area contributed by atoms with Crippen LogP contribution < -0.4 is 10.3 Å². The SMILES string of the molecule is O=C1C(Cc2ccc(O)cc2)NC2=C(Cc3ccccc3)[NH+]=C3c4ccc(O)cc4CCC3N12. The van der Waals surface area contributed by atoms with Crippen LogP contribution in [0.2, 0.25) is 0 Å². The number of amides is 1. The van der Waals surface area contributed by atoms with Gasteiger partial charge in [0.2, 0.25) is 11.4 Å². The summed E-state index contributed by atoms with van der Waals surface area (Å²) in [5.74, 6) is 1.41. The number of carbonyl (C=O) groups is 1. The largest absolute Gasteiger partial charge is 0.508 e. The van der Waals surface area contributed by atoms with Gasteiger partial charge in [-0.1, -0.05) is 42.5 Å². The first-order valence-electron chi connectivity index (χ1n) is 11.7. The summed E-state index contributed by atoms with van der Waals surface area (Å²) in [6.07, 6.45) is 2.81. The molecule has 4 N–H and O–H groups in total. The van der Waals surface area contributed by atoms with E-state index in [9.17, 15) is 15.0 Å². The maximum absolute atomic E-state index is 13.7. The van der Waals surface area contributed by atoms with Crippen LogP contribution in [0.1, 0.15) is 28.7 Å². The molecule has 6 heteroatoms. The number of carbonyl (C=O) groups excluding carboxylic acids is 1. The minimum atomic E-state index is -0.368. The van der Waals surface area contributed by atoms with Crippen molar-refractivity contribution in [2.75, 3.05) is 0 Å². The number of hydrogen-bond acceptors (Lipinski definition) is 4. The second-order valence-electron chi connectivity index (χ2n) is 9.20. The first-order chi connectivity index (χ1) is 16.6. The average Bonchev–Trinajstić information content (AvgIpc) is 3.17. The Balaban J connectivity index is 1.40. The van der Waals surface area contributed by atoms with E-state index in [1.54, 1.807) is 18.2 Å². The van der Waals surface area contributed by atoms with E-state index in [0.717, 1.165) is 52.3 Å². The zero-order valence-corrected chi connectivity index (χ0v) is 18.7. The number of aromatic hydroxyl groups is 2. The van der Waals surface area contributed by atoms with Gasteiger partial charge in [-0.3, -0.25) is 9.69 Å². The summed E-state index contributed by atoms with van der Waals surface area (Å²) in [4.78, 5) is 19.4. The van der Waals surface area contributed by atoms with Crippen molar-refractivity contribution >= 4 is 11.6 Å². The summed E-state index contributed by atoms with van der Waals surface area (Å²) >= 11 is 0. The summed E-state index contributed by atoms with van der Waals surface area (Å²) < 4.78 is 0. The van der Waals surface area contributed by atoms with Crippen molar-refractivity contribution in [3.05, 3.63) is 107 Å². The van der Waals surface area contributed by atoms with E-state index >= 15 is 0 Å². The third kappa shape index (κ3) is 3.52. The highest BCUT2D eigenvalue weighted by atomic mass is 16.3. The second-order valence-corrected chi connectivity index (χ2v) is 9.20. The van der Waals surface area contributed by atoms with Gasteiger partial charge in [-0.15, -0.1) is 0 Å². The fraction of sp³-hybridized carbons (Fsp3) is 0.214. The number of fused-ring (bicyclic) bond motifs is 5. The Hall–Kier alpha value is -4.06. The van der Waals surface area contributed by atoms with Crippen molar-refractivity contribution in [2.24, 2.45) is 0 Å². The Labute approximate surface area is 197 Å². The van der Waals surface area contributed by atoms with Gasteiger partial charge in [-0.05, 0) is 59.9 Å². The van der Waals surface area contributed by atoms with Crippen LogP contribution in [-0.4, -0.2) is 38.8 Å². The molecule has 1 saturated heterocycles. The summed E-state index contributed by atoms with van der Waals surface area (Å²) in [6, 6.07) is 22.3. The van der Waals surface area contributed by atoms with Gasteiger partial charge in [0.05, 0.1) is 6.42 Å². The monoisotopic (exact) mass is 452 g/mol. The third-order valence-corrected chi connectivity index (χ3v) is 6.97. The molecule has 0 spiro atoms. The number of phenolic OH excluding ortho intramolecular Hbond substituents is 2. The molecule has 1 amide bonds. The maximum atomic E-state index is 13.7. The molecule has 0 saturated carbocycles. The number of nitrogens with zero attached hydrogens (tertiary/aromatic N) is 1. The van der Waals surface area contributed by atoms with Crippen LogP contribution in [0, 0.1) is 0 Å². The van der Waals surface area contributed by atoms with E-state index in [2.05, 4.69) is 22.4 Å². The highest BCUT2D eigenvalue weighted by Gasteiger charge is 2.49. The minimum absolute atomic E-state index is 0.0693. The van der Waals surface area contributed by atoms with Crippen LogP contribution in [0.3, 0.4) is 0 Å². The molecule has 34 heavy (non-hydrogen) atoms. The Bertz CT molecular complexity index is 1330. The van der Waals surface area contributed by atoms with Crippen molar-refractivity contribution in [1.82, 2.24) is 10.2 Å². The summed E-state index contributed by atoms with van der Waals surface area (Å²) in [6.45, 7) is 0. The van der Waals surface area contributed by atoms with E-state index in [1.165, 1.54) is 0 Å². The van der Waals surface area contributed by atoms with Gasteiger partial charge in [0.25, 0.3) is 5.91 Å². The van der Waals surface area contributed by atoms with E-state index in [-0.39, 0.29) is 29.5 Å². The fourth-order valence-corrected chi connectivity index (χ4v) is 5.35. The number of aryl methyl sites for hydroxylation is 1.